The van der Waals surface area contributed by atoms with Crippen LogP contribution in [0.25, 0.3) is 0 Å². The van der Waals surface area contributed by atoms with E-state index < -0.39 is 10.0 Å². The highest BCUT2D eigenvalue weighted by Gasteiger charge is 2.19. The van der Waals surface area contributed by atoms with Gasteiger partial charge in [0.25, 0.3) is 0 Å². The van der Waals surface area contributed by atoms with Crippen LogP contribution in [0.5, 0.6) is 5.75 Å². The van der Waals surface area contributed by atoms with Crippen molar-refractivity contribution < 1.29 is 13.2 Å². The third kappa shape index (κ3) is 3.71. The van der Waals surface area contributed by atoms with Crippen LogP contribution in [-0.4, -0.2) is 22.1 Å². The average molecular weight is 257 g/mol. The normalized spacial score (nSPS) is 11.8. The first-order valence-corrected chi connectivity index (χ1v) is 6.99. The summed E-state index contributed by atoms with van der Waals surface area (Å²) in [6, 6.07) is 5.03. The van der Waals surface area contributed by atoms with Crippen molar-refractivity contribution in [1.29, 1.82) is 0 Å². The summed E-state index contributed by atoms with van der Waals surface area (Å²) in [6.45, 7) is 6.21. The van der Waals surface area contributed by atoms with E-state index >= 15 is 0 Å². The third-order valence-corrected chi connectivity index (χ3v) is 3.75. The molecule has 0 radical (unpaired) electrons. The summed E-state index contributed by atoms with van der Waals surface area (Å²) in [5.74, 6) is 0.641. The van der Waals surface area contributed by atoms with E-state index in [4.69, 9.17) is 4.74 Å². The molecule has 0 saturated carbocycles. The topological polar surface area (TPSA) is 55.4 Å². The molecule has 0 bridgehead atoms. The van der Waals surface area contributed by atoms with Gasteiger partial charge in [0.2, 0.25) is 10.0 Å². The van der Waals surface area contributed by atoms with Gasteiger partial charge < -0.3 is 4.74 Å². The smallest absolute Gasteiger partial charge is 0.244 e. The molecule has 0 heterocycles. The Morgan fingerprint density at radius 1 is 1.35 bits per heavy atom. The van der Waals surface area contributed by atoms with E-state index in [0.29, 0.717) is 12.3 Å². The predicted octanol–water partition coefficient (Wildman–Crippen LogP) is 1.94. The Kier molecular flexibility index (Phi) is 4.54. The first-order chi connectivity index (χ1) is 7.86. The zero-order valence-corrected chi connectivity index (χ0v) is 11.5. The molecule has 1 aromatic rings. The van der Waals surface area contributed by atoms with Crippen molar-refractivity contribution in [2.75, 3.05) is 13.7 Å². The average Bonchev–Trinajstić information content (AvgIpc) is 2.26. The molecule has 0 spiro atoms. The third-order valence-electron chi connectivity index (χ3n) is 2.29. The minimum absolute atomic E-state index is 0.186. The predicted molar refractivity (Wildman–Crippen MR) is 67.8 cm³/mol. The van der Waals surface area contributed by atoms with Gasteiger partial charge in [-0.2, -0.15) is 0 Å². The quantitative estimate of drug-likeness (QED) is 0.877. The molecular weight excluding hydrogens is 238 g/mol. The summed E-state index contributed by atoms with van der Waals surface area (Å²) < 4.78 is 31.7. The van der Waals surface area contributed by atoms with E-state index in [9.17, 15) is 8.42 Å². The van der Waals surface area contributed by atoms with E-state index in [-0.39, 0.29) is 10.8 Å². The number of hydrogen-bond donors (Lipinski definition) is 1. The lowest BCUT2D eigenvalue weighted by Crippen LogP contribution is -2.27. The van der Waals surface area contributed by atoms with Crippen LogP contribution in [0.1, 0.15) is 19.4 Å². The molecule has 1 rings (SSSR count). The van der Waals surface area contributed by atoms with Crippen LogP contribution in [0.3, 0.4) is 0 Å². The van der Waals surface area contributed by atoms with Crippen LogP contribution in [0.4, 0.5) is 0 Å². The number of methoxy groups -OCH3 is 1. The fourth-order valence-corrected chi connectivity index (χ4v) is 2.71. The Morgan fingerprint density at radius 3 is 2.53 bits per heavy atom. The lowest BCUT2D eigenvalue weighted by molar-refractivity contribution is 0.402. The number of sulfonamides is 1. The van der Waals surface area contributed by atoms with Crippen LogP contribution in [-0.2, 0) is 10.0 Å². The van der Waals surface area contributed by atoms with Crippen LogP contribution < -0.4 is 9.46 Å². The standard InChI is InChI=1S/C12H19NO3S/c1-9(2)8-13-17(14,15)12-6-5-10(3)7-11(12)16-4/h5-7,9,13H,8H2,1-4H3. The summed E-state index contributed by atoms with van der Waals surface area (Å²) in [4.78, 5) is 0.186. The van der Waals surface area contributed by atoms with E-state index in [1.165, 1.54) is 7.11 Å². The maximum absolute atomic E-state index is 12.0. The molecule has 0 fully saturated rings. The molecule has 4 nitrogen and oxygen atoms in total. The van der Waals surface area contributed by atoms with E-state index in [1.807, 2.05) is 20.8 Å². The van der Waals surface area contributed by atoms with Gasteiger partial charge in [0, 0.05) is 6.54 Å². The van der Waals surface area contributed by atoms with Gasteiger partial charge in [0.1, 0.15) is 10.6 Å². The van der Waals surface area contributed by atoms with E-state index in [0.717, 1.165) is 5.56 Å². The highest BCUT2D eigenvalue weighted by molar-refractivity contribution is 7.89. The van der Waals surface area contributed by atoms with Gasteiger partial charge in [0.05, 0.1) is 7.11 Å². The van der Waals surface area contributed by atoms with Crippen molar-refractivity contribution >= 4 is 10.0 Å². The number of ether oxygens (including phenoxy) is 1. The highest BCUT2D eigenvalue weighted by atomic mass is 32.2. The molecule has 5 heteroatoms. The van der Waals surface area contributed by atoms with Crippen molar-refractivity contribution in [1.82, 2.24) is 4.72 Å². The first-order valence-electron chi connectivity index (χ1n) is 5.51. The second-order valence-corrected chi connectivity index (χ2v) is 6.14. The Hall–Kier alpha value is -1.07. The fourth-order valence-electron chi connectivity index (χ4n) is 1.35. The minimum atomic E-state index is -3.49. The minimum Gasteiger partial charge on any atom is -0.495 e. The molecule has 0 saturated heterocycles. The first kappa shape index (κ1) is 14.0. The maximum atomic E-state index is 12.0. The number of aryl methyl sites for hydroxylation is 1. The molecular formula is C12H19NO3S. The van der Waals surface area contributed by atoms with Crippen LogP contribution in [0, 0.1) is 12.8 Å². The SMILES string of the molecule is COc1cc(C)ccc1S(=O)(=O)NCC(C)C. The van der Waals surface area contributed by atoms with E-state index in [1.54, 1.807) is 18.2 Å². The largest absolute Gasteiger partial charge is 0.495 e. The number of benzene rings is 1. The van der Waals surface area contributed by atoms with Crippen LogP contribution >= 0.6 is 0 Å². The van der Waals surface area contributed by atoms with Crippen molar-refractivity contribution in [2.24, 2.45) is 5.92 Å². The molecule has 0 aliphatic heterocycles. The molecule has 0 aliphatic rings. The lowest BCUT2D eigenvalue weighted by atomic mass is 10.2. The molecule has 0 aliphatic carbocycles. The summed E-state index contributed by atoms with van der Waals surface area (Å²) in [7, 11) is -2.02. The molecule has 0 atom stereocenters. The molecule has 1 aromatic carbocycles. The van der Waals surface area contributed by atoms with E-state index in [2.05, 4.69) is 4.72 Å². The Morgan fingerprint density at radius 2 is 2.00 bits per heavy atom. The monoisotopic (exact) mass is 257 g/mol. The van der Waals surface area contributed by atoms with Gasteiger partial charge in [-0.15, -0.1) is 0 Å². The summed E-state index contributed by atoms with van der Waals surface area (Å²) >= 11 is 0. The highest BCUT2D eigenvalue weighted by Crippen LogP contribution is 2.24. The van der Waals surface area contributed by atoms with Gasteiger partial charge >= 0.3 is 0 Å². The lowest BCUT2D eigenvalue weighted by Gasteiger charge is -2.12. The summed E-state index contributed by atoms with van der Waals surface area (Å²) in [6.07, 6.45) is 0. The molecule has 1 N–H and O–H groups in total. The van der Waals surface area contributed by atoms with Gasteiger partial charge in [-0.1, -0.05) is 19.9 Å². The Bertz CT molecular complexity index is 481. The molecule has 0 aromatic heterocycles. The summed E-state index contributed by atoms with van der Waals surface area (Å²) in [5.41, 5.74) is 0.963. The van der Waals surface area contributed by atoms with Crippen molar-refractivity contribution in [3.8, 4) is 5.75 Å². The second kappa shape index (κ2) is 5.51. The Labute approximate surface area is 103 Å². The van der Waals surface area contributed by atoms with Crippen molar-refractivity contribution in [3.05, 3.63) is 23.8 Å². The maximum Gasteiger partial charge on any atom is 0.244 e. The van der Waals surface area contributed by atoms with Crippen LogP contribution in [0.15, 0.2) is 23.1 Å². The fraction of sp³-hybridized carbons (Fsp3) is 0.500. The van der Waals surface area contributed by atoms with Crippen molar-refractivity contribution in [3.63, 3.8) is 0 Å². The number of rotatable bonds is 5. The number of nitrogens with one attached hydrogen (secondary N) is 1. The Balaban J connectivity index is 3.06. The number of hydrogen-bond acceptors (Lipinski definition) is 3. The molecule has 96 valence electrons. The van der Waals surface area contributed by atoms with Gasteiger partial charge in [-0.05, 0) is 30.5 Å². The van der Waals surface area contributed by atoms with Crippen molar-refractivity contribution in [2.45, 2.75) is 25.7 Å². The zero-order valence-electron chi connectivity index (χ0n) is 10.6. The molecule has 17 heavy (non-hydrogen) atoms. The zero-order chi connectivity index (χ0) is 13.1. The summed E-state index contributed by atoms with van der Waals surface area (Å²) in [5, 5.41) is 0. The second-order valence-electron chi connectivity index (χ2n) is 4.40. The molecule has 0 amide bonds. The van der Waals surface area contributed by atoms with Gasteiger partial charge in [-0.3, -0.25) is 0 Å². The van der Waals surface area contributed by atoms with Gasteiger partial charge in [0.15, 0.2) is 0 Å². The molecule has 0 unspecified atom stereocenters. The van der Waals surface area contributed by atoms with Gasteiger partial charge in [-0.25, -0.2) is 13.1 Å². The van der Waals surface area contributed by atoms with Crippen LogP contribution in [0.2, 0.25) is 0 Å².